The Hall–Kier alpha value is -3.22. The van der Waals surface area contributed by atoms with Gasteiger partial charge in [-0.25, -0.2) is 4.79 Å². The van der Waals surface area contributed by atoms with Gasteiger partial charge in [0.2, 0.25) is 5.91 Å². The zero-order valence-electron chi connectivity index (χ0n) is 15.4. The van der Waals surface area contributed by atoms with Crippen molar-refractivity contribution in [1.29, 1.82) is 0 Å². The van der Waals surface area contributed by atoms with E-state index in [9.17, 15) is 9.59 Å². The maximum absolute atomic E-state index is 12.3. The molecule has 2 N–H and O–H groups in total. The van der Waals surface area contributed by atoms with Gasteiger partial charge in [0.15, 0.2) is 0 Å². The first-order valence-electron chi connectivity index (χ1n) is 8.72. The zero-order chi connectivity index (χ0) is 19.2. The summed E-state index contributed by atoms with van der Waals surface area (Å²) in [5, 5.41) is 5.60. The van der Waals surface area contributed by atoms with Crippen LogP contribution in [0.25, 0.3) is 0 Å². The first kappa shape index (κ1) is 18.6. The number of anilines is 2. The molecule has 0 aliphatic carbocycles. The Morgan fingerprint density at radius 2 is 1.63 bits per heavy atom. The van der Waals surface area contributed by atoms with Gasteiger partial charge >= 0.3 is 6.03 Å². The second-order valence-electron chi connectivity index (χ2n) is 6.34. The van der Waals surface area contributed by atoms with Crippen molar-refractivity contribution < 1.29 is 19.1 Å². The summed E-state index contributed by atoms with van der Waals surface area (Å²) in [6, 6.07) is 14.2. The number of ether oxygens (including phenoxy) is 2. The van der Waals surface area contributed by atoms with Crippen molar-refractivity contribution in [3.8, 4) is 11.5 Å². The van der Waals surface area contributed by atoms with Crippen molar-refractivity contribution in [1.82, 2.24) is 5.32 Å². The van der Waals surface area contributed by atoms with Crippen molar-refractivity contribution >= 4 is 23.3 Å². The molecular weight excluding hydrogens is 346 g/mol. The molecule has 1 saturated heterocycles. The summed E-state index contributed by atoms with van der Waals surface area (Å²) in [6.07, 6.45) is 0.412. The normalized spacial score (nSPS) is 16.1. The molecule has 3 amide bonds. The van der Waals surface area contributed by atoms with E-state index in [2.05, 4.69) is 10.6 Å². The lowest BCUT2D eigenvalue weighted by Crippen LogP contribution is -2.34. The Bertz CT molecular complexity index is 790. The van der Waals surface area contributed by atoms with E-state index in [4.69, 9.17) is 9.47 Å². The van der Waals surface area contributed by atoms with E-state index < -0.39 is 0 Å². The van der Waals surface area contributed by atoms with E-state index in [0.717, 1.165) is 17.2 Å². The summed E-state index contributed by atoms with van der Waals surface area (Å²) in [7, 11) is 3.20. The number of carbonyl (C=O) groups is 2. The molecule has 1 aliphatic rings. The quantitative estimate of drug-likeness (QED) is 0.821. The highest BCUT2D eigenvalue weighted by atomic mass is 16.5. The lowest BCUT2D eigenvalue weighted by Gasteiger charge is -2.17. The molecule has 142 valence electrons. The van der Waals surface area contributed by atoms with Gasteiger partial charge in [0.25, 0.3) is 0 Å². The molecule has 27 heavy (non-hydrogen) atoms. The Balaban J connectivity index is 1.49. The van der Waals surface area contributed by atoms with Crippen LogP contribution in [0.3, 0.4) is 0 Å². The standard InChI is InChI=1S/C20H23N3O4/c1-26-17-7-3-15(4-8-17)22-20(25)21-12-14-11-19(24)23(13-14)16-5-9-18(27-2)10-6-16/h3-10,14H,11-13H2,1-2H3,(H2,21,22,25)/t14-/m1/s1. The summed E-state index contributed by atoms with van der Waals surface area (Å²) in [5.74, 6) is 1.60. The molecule has 0 unspecified atom stereocenters. The fraction of sp³-hybridized carbons (Fsp3) is 0.300. The Morgan fingerprint density at radius 1 is 1.04 bits per heavy atom. The number of rotatable bonds is 6. The number of benzene rings is 2. The Kier molecular flexibility index (Phi) is 5.80. The Morgan fingerprint density at radius 3 is 2.22 bits per heavy atom. The van der Waals surface area contributed by atoms with Gasteiger partial charge in [-0.15, -0.1) is 0 Å². The van der Waals surface area contributed by atoms with Crippen LogP contribution in [0, 0.1) is 5.92 Å². The SMILES string of the molecule is COc1ccc(NC(=O)NC[C@H]2CC(=O)N(c3ccc(OC)cc3)C2)cc1. The fourth-order valence-corrected chi connectivity index (χ4v) is 3.02. The molecule has 0 aromatic heterocycles. The minimum atomic E-state index is -0.296. The average Bonchev–Trinajstić information content (AvgIpc) is 3.07. The minimum absolute atomic E-state index is 0.0579. The van der Waals surface area contributed by atoms with Crippen LogP contribution >= 0.6 is 0 Å². The molecule has 0 bridgehead atoms. The largest absolute Gasteiger partial charge is 0.497 e. The molecule has 2 aromatic rings. The first-order chi connectivity index (χ1) is 13.1. The van der Waals surface area contributed by atoms with E-state index >= 15 is 0 Å². The molecule has 7 nitrogen and oxygen atoms in total. The van der Waals surface area contributed by atoms with Crippen LogP contribution in [0.15, 0.2) is 48.5 Å². The second-order valence-corrected chi connectivity index (χ2v) is 6.34. The van der Waals surface area contributed by atoms with E-state index in [1.165, 1.54) is 0 Å². The average molecular weight is 369 g/mol. The molecule has 0 spiro atoms. The zero-order valence-corrected chi connectivity index (χ0v) is 15.4. The molecule has 1 fully saturated rings. The van der Waals surface area contributed by atoms with Crippen LogP contribution in [0.5, 0.6) is 11.5 Å². The van der Waals surface area contributed by atoms with Crippen molar-refractivity contribution in [3.63, 3.8) is 0 Å². The van der Waals surface area contributed by atoms with Crippen LogP contribution in [0.2, 0.25) is 0 Å². The molecule has 1 atom stereocenters. The van der Waals surface area contributed by atoms with Gasteiger partial charge in [-0.1, -0.05) is 0 Å². The van der Waals surface area contributed by atoms with E-state index in [0.29, 0.717) is 25.2 Å². The van der Waals surface area contributed by atoms with Crippen LogP contribution in [0.4, 0.5) is 16.2 Å². The monoisotopic (exact) mass is 369 g/mol. The smallest absolute Gasteiger partial charge is 0.319 e. The predicted octanol–water partition coefficient (Wildman–Crippen LogP) is 2.88. The number of carbonyl (C=O) groups excluding carboxylic acids is 2. The highest BCUT2D eigenvalue weighted by Crippen LogP contribution is 2.26. The summed E-state index contributed by atoms with van der Waals surface area (Å²) in [5.41, 5.74) is 1.52. The third kappa shape index (κ3) is 4.69. The number of amides is 3. The van der Waals surface area contributed by atoms with Crippen molar-refractivity contribution in [2.45, 2.75) is 6.42 Å². The van der Waals surface area contributed by atoms with Gasteiger partial charge in [0, 0.05) is 36.8 Å². The molecule has 7 heteroatoms. The van der Waals surface area contributed by atoms with E-state index in [1.807, 2.05) is 24.3 Å². The maximum atomic E-state index is 12.3. The number of methoxy groups -OCH3 is 2. The number of nitrogens with zero attached hydrogens (tertiary/aromatic N) is 1. The van der Waals surface area contributed by atoms with E-state index in [-0.39, 0.29) is 17.9 Å². The predicted molar refractivity (Wildman–Crippen MR) is 103 cm³/mol. The summed E-state index contributed by atoms with van der Waals surface area (Å²) in [6.45, 7) is 1.01. The fourth-order valence-electron chi connectivity index (χ4n) is 3.02. The number of urea groups is 1. The molecule has 0 saturated carbocycles. The number of hydrogen-bond acceptors (Lipinski definition) is 4. The van der Waals surface area contributed by atoms with Crippen molar-refractivity contribution in [2.24, 2.45) is 5.92 Å². The van der Waals surface area contributed by atoms with Gasteiger partial charge in [-0.05, 0) is 48.5 Å². The molecular formula is C20H23N3O4. The van der Waals surface area contributed by atoms with Crippen molar-refractivity contribution in [2.75, 3.05) is 37.5 Å². The lowest BCUT2D eigenvalue weighted by atomic mass is 10.1. The molecule has 3 rings (SSSR count). The van der Waals surface area contributed by atoms with E-state index in [1.54, 1.807) is 43.4 Å². The van der Waals surface area contributed by atoms with Crippen LogP contribution in [-0.2, 0) is 4.79 Å². The van der Waals surface area contributed by atoms with Gasteiger partial charge in [-0.2, -0.15) is 0 Å². The second kappa shape index (κ2) is 8.44. The van der Waals surface area contributed by atoms with Gasteiger partial charge in [-0.3, -0.25) is 4.79 Å². The third-order valence-corrected chi connectivity index (χ3v) is 4.49. The summed E-state index contributed by atoms with van der Waals surface area (Å²) in [4.78, 5) is 26.1. The lowest BCUT2D eigenvalue weighted by molar-refractivity contribution is -0.117. The molecule has 2 aromatic carbocycles. The highest BCUT2D eigenvalue weighted by Gasteiger charge is 2.30. The van der Waals surface area contributed by atoms with Crippen LogP contribution < -0.4 is 25.0 Å². The molecule has 1 heterocycles. The first-order valence-corrected chi connectivity index (χ1v) is 8.72. The van der Waals surface area contributed by atoms with Gasteiger partial charge < -0.3 is 25.0 Å². The van der Waals surface area contributed by atoms with Crippen LogP contribution in [0.1, 0.15) is 6.42 Å². The minimum Gasteiger partial charge on any atom is -0.497 e. The summed E-state index contributed by atoms with van der Waals surface area (Å²) >= 11 is 0. The van der Waals surface area contributed by atoms with Gasteiger partial charge in [0.05, 0.1) is 14.2 Å². The Labute approximate surface area is 158 Å². The highest BCUT2D eigenvalue weighted by molar-refractivity contribution is 5.96. The molecule has 1 aliphatic heterocycles. The summed E-state index contributed by atoms with van der Waals surface area (Å²) < 4.78 is 10.2. The topological polar surface area (TPSA) is 79.9 Å². The maximum Gasteiger partial charge on any atom is 0.319 e. The molecule has 0 radical (unpaired) electrons. The number of hydrogen-bond donors (Lipinski definition) is 2. The van der Waals surface area contributed by atoms with Crippen LogP contribution in [-0.4, -0.2) is 39.2 Å². The third-order valence-electron chi connectivity index (χ3n) is 4.49. The number of nitrogens with one attached hydrogen (secondary N) is 2. The van der Waals surface area contributed by atoms with Gasteiger partial charge in [0.1, 0.15) is 11.5 Å². The van der Waals surface area contributed by atoms with Crippen molar-refractivity contribution in [3.05, 3.63) is 48.5 Å².